The Morgan fingerprint density at radius 1 is 1.50 bits per heavy atom. The molecule has 3 N–H and O–H groups in total. The summed E-state index contributed by atoms with van der Waals surface area (Å²) in [7, 11) is -3.44. The molecule has 1 aliphatic heterocycles. The Balaban J connectivity index is 2.29. The van der Waals surface area contributed by atoms with Crippen LogP contribution in [-0.2, 0) is 10.0 Å². The number of hydrogen-bond donors (Lipinski definition) is 2. The summed E-state index contributed by atoms with van der Waals surface area (Å²) >= 11 is 0. The third-order valence-electron chi connectivity index (χ3n) is 3.59. The number of sulfonamides is 1. The molecule has 2 unspecified atom stereocenters. The van der Waals surface area contributed by atoms with E-state index in [2.05, 4.69) is 10.2 Å². The monoisotopic (exact) mass is 272 g/mol. The predicted molar refractivity (Wildman–Crippen MR) is 68.6 cm³/mol. The SMILES string of the molecule is Cc1n[nH]c(C)c1S(=O)(=O)N1CCC(C(C)N)C1. The van der Waals surface area contributed by atoms with Gasteiger partial charge in [-0.15, -0.1) is 0 Å². The molecule has 0 aliphatic carbocycles. The van der Waals surface area contributed by atoms with Gasteiger partial charge < -0.3 is 5.73 Å². The molecule has 0 saturated carbocycles. The fraction of sp³-hybridized carbons (Fsp3) is 0.727. The van der Waals surface area contributed by atoms with Crippen molar-refractivity contribution in [1.29, 1.82) is 0 Å². The van der Waals surface area contributed by atoms with E-state index in [9.17, 15) is 8.42 Å². The second-order valence-corrected chi connectivity index (χ2v) is 6.91. The molecule has 2 atom stereocenters. The molecule has 102 valence electrons. The topological polar surface area (TPSA) is 92.1 Å². The first-order valence-corrected chi connectivity index (χ1v) is 7.55. The molecular weight excluding hydrogens is 252 g/mol. The van der Waals surface area contributed by atoms with Crippen LogP contribution < -0.4 is 5.73 Å². The zero-order valence-corrected chi connectivity index (χ0v) is 11.8. The highest BCUT2D eigenvalue weighted by molar-refractivity contribution is 7.89. The van der Waals surface area contributed by atoms with E-state index in [-0.39, 0.29) is 12.0 Å². The minimum atomic E-state index is -3.44. The van der Waals surface area contributed by atoms with Crippen LogP contribution in [-0.4, -0.2) is 42.1 Å². The highest BCUT2D eigenvalue weighted by Gasteiger charge is 2.36. The van der Waals surface area contributed by atoms with Crippen molar-refractivity contribution in [2.75, 3.05) is 13.1 Å². The lowest BCUT2D eigenvalue weighted by molar-refractivity contribution is 0.428. The van der Waals surface area contributed by atoms with Crippen LogP contribution in [0, 0.1) is 19.8 Å². The summed E-state index contributed by atoms with van der Waals surface area (Å²) in [4.78, 5) is 0.313. The first-order chi connectivity index (χ1) is 8.34. The van der Waals surface area contributed by atoms with Crippen molar-refractivity contribution in [2.45, 2.75) is 38.1 Å². The van der Waals surface area contributed by atoms with Gasteiger partial charge in [0.2, 0.25) is 10.0 Å². The molecule has 1 aromatic heterocycles. The Morgan fingerprint density at radius 2 is 2.17 bits per heavy atom. The van der Waals surface area contributed by atoms with Crippen LogP contribution in [0.2, 0.25) is 0 Å². The lowest BCUT2D eigenvalue weighted by atomic mass is 10.0. The maximum Gasteiger partial charge on any atom is 0.246 e. The molecule has 1 fully saturated rings. The number of aromatic amines is 1. The van der Waals surface area contributed by atoms with Gasteiger partial charge in [0.05, 0.1) is 11.4 Å². The fourth-order valence-corrected chi connectivity index (χ4v) is 4.29. The van der Waals surface area contributed by atoms with Gasteiger partial charge in [0.1, 0.15) is 4.90 Å². The van der Waals surface area contributed by atoms with Crippen LogP contribution in [0.15, 0.2) is 4.90 Å². The van der Waals surface area contributed by atoms with E-state index in [0.717, 1.165) is 6.42 Å². The Hall–Kier alpha value is -0.920. The Morgan fingerprint density at radius 3 is 2.61 bits per heavy atom. The summed E-state index contributed by atoms with van der Waals surface area (Å²) in [5.74, 6) is 0.243. The second kappa shape index (κ2) is 4.64. The number of nitrogens with one attached hydrogen (secondary N) is 1. The lowest BCUT2D eigenvalue weighted by Crippen LogP contribution is -2.33. The fourth-order valence-electron chi connectivity index (χ4n) is 2.45. The van der Waals surface area contributed by atoms with Gasteiger partial charge >= 0.3 is 0 Å². The maximum atomic E-state index is 12.5. The van der Waals surface area contributed by atoms with Crippen molar-refractivity contribution >= 4 is 10.0 Å². The Bertz CT molecular complexity index is 516. The van der Waals surface area contributed by atoms with E-state index in [1.807, 2.05) is 6.92 Å². The normalized spacial score (nSPS) is 23.4. The van der Waals surface area contributed by atoms with Gasteiger partial charge in [-0.05, 0) is 33.1 Å². The average Bonchev–Trinajstić information content (AvgIpc) is 2.85. The van der Waals surface area contributed by atoms with Gasteiger partial charge in [0.15, 0.2) is 0 Å². The summed E-state index contributed by atoms with van der Waals surface area (Å²) in [6.07, 6.45) is 0.826. The van der Waals surface area contributed by atoms with Gasteiger partial charge in [0, 0.05) is 19.1 Å². The predicted octanol–water partition coefficient (Wildman–Crippen LogP) is 0.384. The molecule has 0 amide bonds. The number of aryl methyl sites for hydroxylation is 2. The standard InChI is InChI=1S/C11H20N4O2S/c1-7(12)10-4-5-15(6-10)18(16,17)11-8(2)13-14-9(11)3/h7,10H,4-6,12H2,1-3H3,(H,13,14). The largest absolute Gasteiger partial charge is 0.328 e. The Labute approximate surface area is 108 Å². The van der Waals surface area contributed by atoms with E-state index in [0.29, 0.717) is 29.4 Å². The average molecular weight is 272 g/mol. The molecule has 2 heterocycles. The summed E-state index contributed by atoms with van der Waals surface area (Å²) in [5, 5.41) is 6.67. The highest BCUT2D eigenvalue weighted by Crippen LogP contribution is 2.28. The van der Waals surface area contributed by atoms with Crippen LogP contribution in [0.1, 0.15) is 24.7 Å². The lowest BCUT2D eigenvalue weighted by Gasteiger charge is -2.18. The first kappa shape index (κ1) is 13.5. The number of rotatable bonds is 3. The van der Waals surface area contributed by atoms with Gasteiger partial charge in [-0.1, -0.05) is 0 Å². The summed E-state index contributed by atoms with van der Waals surface area (Å²) in [5.41, 5.74) is 6.96. The van der Waals surface area contributed by atoms with E-state index in [4.69, 9.17) is 5.73 Å². The van der Waals surface area contributed by atoms with Crippen LogP contribution in [0.3, 0.4) is 0 Å². The zero-order chi connectivity index (χ0) is 13.5. The molecular formula is C11H20N4O2S. The van der Waals surface area contributed by atoms with E-state index in [1.165, 1.54) is 4.31 Å². The molecule has 7 heteroatoms. The molecule has 0 bridgehead atoms. The van der Waals surface area contributed by atoms with Crippen molar-refractivity contribution in [3.8, 4) is 0 Å². The molecule has 0 aromatic carbocycles. The van der Waals surface area contributed by atoms with Gasteiger partial charge in [-0.25, -0.2) is 8.42 Å². The van der Waals surface area contributed by atoms with Crippen LogP contribution in [0.5, 0.6) is 0 Å². The molecule has 18 heavy (non-hydrogen) atoms. The molecule has 0 radical (unpaired) electrons. The molecule has 0 spiro atoms. The van der Waals surface area contributed by atoms with Crippen molar-refractivity contribution in [2.24, 2.45) is 11.7 Å². The smallest absolute Gasteiger partial charge is 0.246 e. The van der Waals surface area contributed by atoms with Crippen LogP contribution in [0.25, 0.3) is 0 Å². The quantitative estimate of drug-likeness (QED) is 0.832. The van der Waals surface area contributed by atoms with Crippen molar-refractivity contribution in [3.63, 3.8) is 0 Å². The molecule has 1 saturated heterocycles. The van der Waals surface area contributed by atoms with Crippen LogP contribution >= 0.6 is 0 Å². The minimum absolute atomic E-state index is 0.0248. The van der Waals surface area contributed by atoms with E-state index < -0.39 is 10.0 Å². The van der Waals surface area contributed by atoms with Gasteiger partial charge in [-0.2, -0.15) is 9.40 Å². The van der Waals surface area contributed by atoms with Crippen molar-refractivity contribution in [3.05, 3.63) is 11.4 Å². The molecule has 6 nitrogen and oxygen atoms in total. The zero-order valence-electron chi connectivity index (χ0n) is 11.0. The van der Waals surface area contributed by atoms with Gasteiger partial charge in [0.25, 0.3) is 0 Å². The minimum Gasteiger partial charge on any atom is -0.328 e. The number of hydrogen-bond acceptors (Lipinski definition) is 4. The molecule has 2 rings (SSSR count). The van der Waals surface area contributed by atoms with Crippen LogP contribution in [0.4, 0.5) is 0 Å². The molecule has 1 aromatic rings. The third-order valence-corrected chi connectivity index (χ3v) is 5.72. The summed E-state index contributed by atoms with van der Waals surface area (Å²) < 4.78 is 26.6. The van der Waals surface area contributed by atoms with Gasteiger partial charge in [-0.3, -0.25) is 5.10 Å². The third kappa shape index (κ3) is 2.17. The highest BCUT2D eigenvalue weighted by atomic mass is 32.2. The first-order valence-electron chi connectivity index (χ1n) is 6.11. The number of H-pyrrole nitrogens is 1. The van der Waals surface area contributed by atoms with E-state index in [1.54, 1.807) is 13.8 Å². The molecule has 1 aliphatic rings. The number of aromatic nitrogens is 2. The summed E-state index contributed by atoms with van der Waals surface area (Å²) in [6, 6.07) is 0.0248. The number of nitrogens with two attached hydrogens (primary N) is 1. The van der Waals surface area contributed by atoms with Crippen molar-refractivity contribution in [1.82, 2.24) is 14.5 Å². The number of nitrogens with zero attached hydrogens (tertiary/aromatic N) is 2. The van der Waals surface area contributed by atoms with Crippen molar-refractivity contribution < 1.29 is 8.42 Å². The summed E-state index contributed by atoms with van der Waals surface area (Å²) in [6.45, 7) is 6.40. The van der Waals surface area contributed by atoms with E-state index >= 15 is 0 Å². The second-order valence-electron chi connectivity index (χ2n) is 5.03. The maximum absolute atomic E-state index is 12.5. The Kier molecular flexibility index (Phi) is 3.48.